The highest BCUT2D eigenvalue weighted by molar-refractivity contribution is 9.10. The number of benzene rings is 2. The van der Waals surface area contributed by atoms with Crippen LogP contribution >= 0.6 is 15.9 Å². The quantitative estimate of drug-likeness (QED) is 0.813. The second-order valence-electron chi connectivity index (χ2n) is 4.56. The average Bonchev–Trinajstić information content (AvgIpc) is 2.39. The Balaban J connectivity index is 2.33. The van der Waals surface area contributed by atoms with E-state index in [-0.39, 0.29) is 5.91 Å². The van der Waals surface area contributed by atoms with Crippen LogP contribution in [0.25, 0.3) is 0 Å². The molecule has 3 N–H and O–H groups in total. The zero-order valence-corrected chi connectivity index (χ0v) is 12.7. The first kappa shape index (κ1) is 14.5. The third-order valence-electron chi connectivity index (χ3n) is 3.14. The number of nitrogen functional groups attached to an aromatic ring is 1. The van der Waals surface area contributed by atoms with Gasteiger partial charge in [-0.3, -0.25) is 4.79 Å². The highest BCUT2D eigenvalue weighted by atomic mass is 79.9. The van der Waals surface area contributed by atoms with Crippen LogP contribution in [0.2, 0.25) is 0 Å². The van der Waals surface area contributed by atoms with E-state index in [0.29, 0.717) is 27.0 Å². The standard InChI is InChI=1S/C15H14BrFN2O/c1-8-6-11(16)12(17)7-14(8)19-15(20)10-4-3-5-13(18)9(10)2/h3-7H,18H2,1-2H3,(H,19,20). The summed E-state index contributed by atoms with van der Waals surface area (Å²) in [6, 6.07) is 8.05. The van der Waals surface area contributed by atoms with Crippen molar-refractivity contribution in [3.05, 3.63) is 57.3 Å². The molecule has 0 aliphatic carbocycles. The molecule has 0 radical (unpaired) electrons. The number of hydrogen-bond donors (Lipinski definition) is 2. The summed E-state index contributed by atoms with van der Waals surface area (Å²) >= 11 is 3.11. The van der Waals surface area contributed by atoms with Crippen molar-refractivity contribution in [1.29, 1.82) is 0 Å². The van der Waals surface area contributed by atoms with Crippen molar-refractivity contribution in [2.75, 3.05) is 11.1 Å². The third-order valence-corrected chi connectivity index (χ3v) is 3.74. The molecule has 0 bridgehead atoms. The molecular formula is C15H14BrFN2O. The van der Waals surface area contributed by atoms with Gasteiger partial charge in [0.05, 0.1) is 4.47 Å². The lowest BCUT2D eigenvalue weighted by Gasteiger charge is -2.12. The number of amides is 1. The molecule has 104 valence electrons. The largest absolute Gasteiger partial charge is 0.398 e. The molecule has 5 heteroatoms. The first-order valence-electron chi connectivity index (χ1n) is 6.02. The topological polar surface area (TPSA) is 55.1 Å². The number of halogens is 2. The normalized spacial score (nSPS) is 10.4. The molecule has 0 unspecified atom stereocenters. The first-order valence-corrected chi connectivity index (χ1v) is 6.81. The van der Waals surface area contributed by atoms with E-state index in [0.717, 1.165) is 5.56 Å². The maximum Gasteiger partial charge on any atom is 0.256 e. The second-order valence-corrected chi connectivity index (χ2v) is 5.41. The Labute approximate surface area is 125 Å². The molecular weight excluding hydrogens is 323 g/mol. The molecule has 0 fully saturated rings. The molecule has 0 atom stereocenters. The van der Waals surface area contributed by atoms with Crippen LogP contribution in [0.1, 0.15) is 21.5 Å². The molecule has 20 heavy (non-hydrogen) atoms. The van der Waals surface area contributed by atoms with Crippen molar-refractivity contribution in [1.82, 2.24) is 0 Å². The Morgan fingerprint density at radius 2 is 2.00 bits per heavy atom. The van der Waals surface area contributed by atoms with Gasteiger partial charge in [-0.25, -0.2) is 4.39 Å². The number of hydrogen-bond acceptors (Lipinski definition) is 2. The minimum Gasteiger partial charge on any atom is -0.398 e. The lowest BCUT2D eigenvalue weighted by Crippen LogP contribution is -2.15. The summed E-state index contributed by atoms with van der Waals surface area (Å²) in [7, 11) is 0. The predicted octanol–water partition coefficient (Wildman–Crippen LogP) is 4.04. The summed E-state index contributed by atoms with van der Waals surface area (Å²) in [4.78, 5) is 12.2. The Morgan fingerprint density at radius 1 is 1.30 bits per heavy atom. The average molecular weight is 337 g/mol. The van der Waals surface area contributed by atoms with Gasteiger partial charge in [-0.1, -0.05) is 6.07 Å². The van der Waals surface area contributed by atoms with Crippen molar-refractivity contribution in [2.24, 2.45) is 0 Å². The fourth-order valence-corrected chi connectivity index (χ4v) is 2.33. The fraction of sp³-hybridized carbons (Fsp3) is 0.133. The first-order chi connectivity index (χ1) is 9.40. The summed E-state index contributed by atoms with van der Waals surface area (Å²) in [5, 5.41) is 2.71. The number of rotatable bonds is 2. The van der Waals surface area contributed by atoms with Crippen LogP contribution in [0.5, 0.6) is 0 Å². The SMILES string of the molecule is Cc1cc(Br)c(F)cc1NC(=O)c1cccc(N)c1C. The highest BCUT2D eigenvalue weighted by Gasteiger charge is 2.13. The van der Waals surface area contributed by atoms with E-state index in [1.807, 2.05) is 0 Å². The Morgan fingerprint density at radius 3 is 2.70 bits per heavy atom. The number of nitrogens with two attached hydrogens (primary N) is 1. The van der Waals surface area contributed by atoms with E-state index in [2.05, 4.69) is 21.2 Å². The number of nitrogens with one attached hydrogen (secondary N) is 1. The van der Waals surface area contributed by atoms with E-state index in [9.17, 15) is 9.18 Å². The van der Waals surface area contributed by atoms with Crippen molar-refractivity contribution in [3.8, 4) is 0 Å². The van der Waals surface area contributed by atoms with E-state index >= 15 is 0 Å². The van der Waals surface area contributed by atoms with Gasteiger partial charge in [-0.15, -0.1) is 0 Å². The van der Waals surface area contributed by atoms with E-state index < -0.39 is 5.82 Å². The smallest absolute Gasteiger partial charge is 0.256 e. The molecule has 0 spiro atoms. The lowest BCUT2D eigenvalue weighted by atomic mass is 10.1. The summed E-state index contributed by atoms with van der Waals surface area (Å²) < 4.78 is 13.9. The fourth-order valence-electron chi connectivity index (χ4n) is 1.87. The van der Waals surface area contributed by atoms with E-state index in [1.165, 1.54) is 6.07 Å². The van der Waals surface area contributed by atoms with Gasteiger partial charge in [0.1, 0.15) is 5.82 Å². The molecule has 2 rings (SSSR count). The van der Waals surface area contributed by atoms with Crippen LogP contribution in [-0.2, 0) is 0 Å². The van der Waals surface area contributed by atoms with Gasteiger partial charge >= 0.3 is 0 Å². The molecule has 1 amide bonds. The van der Waals surface area contributed by atoms with Gasteiger partial charge in [0.15, 0.2) is 0 Å². The minimum atomic E-state index is -0.421. The van der Waals surface area contributed by atoms with Crippen molar-refractivity contribution >= 4 is 33.2 Å². The van der Waals surface area contributed by atoms with Gasteiger partial charge in [0, 0.05) is 16.9 Å². The highest BCUT2D eigenvalue weighted by Crippen LogP contribution is 2.25. The predicted molar refractivity (Wildman–Crippen MR) is 82.4 cm³/mol. The number of carbonyl (C=O) groups excluding carboxylic acids is 1. The summed E-state index contributed by atoms with van der Waals surface area (Å²) in [6.45, 7) is 3.57. The summed E-state index contributed by atoms with van der Waals surface area (Å²) in [5.74, 6) is -0.727. The van der Waals surface area contributed by atoms with Gasteiger partial charge in [-0.05, 0) is 65.2 Å². The third kappa shape index (κ3) is 2.82. The van der Waals surface area contributed by atoms with Gasteiger partial charge in [-0.2, -0.15) is 0 Å². The molecule has 2 aromatic carbocycles. The van der Waals surface area contributed by atoms with Crippen LogP contribution in [0.4, 0.5) is 15.8 Å². The Hall–Kier alpha value is -1.88. The number of aryl methyl sites for hydroxylation is 1. The molecule has 0 aliphatic rings. The molecule has 0 aliphatic heterocycles. The molecule has 0 heterocycles. The van der Waals surface area contributed by atoms with Crippen LogP contribution in [0, 0.1) is 19.7 Å². The minimum absolute atomic E-state index is 0.306. The molecule has 0 saturated heterocycles. The molecule has 0 saturated carbocycles. The van der Waals surface area contributed by atoms with Crippen molar-refractivity contribution in [2.45, 2.75) is 13.8 Å². The van der Waals surface area contributed by atoms with E-state index in [1.54, 1.807) is 38.1 Å². The Bertz CT molecular complexity index is 686. The van der Waals surface area contributed by atoms with Crippen LogP contribution in [0.3, 0.4) is 0 Å². The maximum atomic E-state index is 13.5. The summed E-state index contributed by atoms with van der Waals surface area (Å²) in [6.07, 6.45) is 0. The Kier molecular flexibility index (Phi) is 4.09. The van der Waals surface area contributed by atoms with Crippen LogP contribution in [0.15, 0.2) is 34.8 Å². The van der Waals surface area contributed by atoms with Crippen molar-refractivity contribution in [3.63, 3.8) is 0 Å². The molecule has 3 nitrogen and oxygen atoms in total. The number of carbonyl (C=O) groups is 1. The van der Waals surface area contributed by atoms with Crippen LogP contribution < -0.4 is 11.1 Å². The second kappa shape index (κ2) is 5.63. The maximum absolute atomic E-state index is 13.5. The van der Waals surface area contributed by atoms with Crippen LogP contribution in [-0.4, -0.2) is 5.91 Å². The van der Waals surface area contributed by atoms with E-state index in [4.69, 9.17) is 5.73 Å². The van der Waals surface area contributed by atoms with Crippen molar-refractivity contribution < 1.29 is 9.18 Å². The number of anilines is 2. The summed E-state index contributed by atoms with van der Waals surface area (Å²) in [5.41, 5.74) is 8.73. The molecule has 0 aromatic heterocycles. The van der Waals surface area contributed by atoms with Gasteiger partial charge in [0.25, 0.3) is 5.91 Å². The molecule has 2 aromatic rings. The lowest BCUT2D eigenvalue weighted by molar-refractivity contribution is 0.102. The zero-order valence-electron chi connectivity index (χ0n) is 11.1. The van der Waals surface area contributed by atoms with Gasteiger partial charge in [0.2, 0.25) is 0 Å². The van der Waals surface area contributed by atoms with Gasteiger partial charge < -0.3 is 11.1 Å². The zero-order chi connectivity index (χ0) is 14.9. The monoisotopic (exact) mass is 336 g/mol.